The highest BCUT2D eigenvalue weighted by molar-refractivity contribution is 6.30. The van der Waals surface area contributed by atoms with Crippen LogP contribution < -0.4 is 4.74 Å². The van der Waals surface area contributed by atoms with Gasteiger partial charge in [0.2, 0.25) is 11.7 Å². The van der Waals surface area contributed by atoms with Crippen molar-refractivity contribution in [2.75, 3.05) is 20.2 Å². The topological polar surface area (TPSA) is 107 Å². The average molecular weight is 607 g/mol. The number of amides is 1. The predicted molar refractivity (Wildman–Crippen MR) is 146 cm³/mol. The number of alkyl halides is 3. The van der Waals surface area contributed by atoms with Gasteiger partial charge in [-0.3, -0.25) is 14.2 Å². The first-order valence-electron chi connectivity index (χ1n) is 13.6. The molecular weight excluding hydrogens is 577 g/mol. The standard InChI is InChI=1S/C29H30ClF3N4O5/c1-3-18-19(5-4-6-22(18)41-2)26-20-14-17(30)7-8-21(20)37-27(34-35-28(37)29(31,32)33)23(42-26)15-24(38)36-11-9-16(10-12-36)13-25(39)40/h4-8,14,16,23,26H,3,9-13,15H2,1-2H3,(H,39,40)/t23-,26-/m1/s1. The van der Waals surface area contributed by atoms with E-state index in [2.05, 4.69) is 10.2 Å². The van der Waals surface area contributed by atoms with Crippen LogP contribution in [0.1, 0.15) is 73.2 Å². The molecule has 0 aliphatic carbocycles. The number of piperidine rings is 1. The van der Waals surface area contributed by atoms with Crippen molar-refractivity contribution < 1.29 is 37.3 Å². The van der Waals surface area contributed by atoms with Crippen LogP contribution in [0.5, 0.6) is 5.75 Å². The lowest BCUT2D eigenvalue weighted by Gasteiger charge is -2.32. The van der Waals surface area contributed by atoms with Crippen molar-refractivity contribution in [2.45, 2.75) is 57.4 Å². The second kappa shape index (κ2) is 11.9. The molecule has 3 aromatic rings. The van der Waals surface area contributed by atoms with Crippen LogP contribution in [0, 0.1) is 5.92 Å². The summed E-state index contributed by atoms with van der Waals surface area (Å²) in [7, 11) is 1.54. The zero-order valence-electron chi connectivity index (χ0n) is 23.0. The van der Waals surface area contributed by atoms with Gasteiger partial charge in [-0.1, -0.05) is 30.7 Å². The SMILES string of the molecule is CCc1c(OC)cccc1[C@H]1O[C@H](CC(=O)N2CCC(CC(=O)O)CC2)c2nnc(C(F)(F)F)n2-c2ccc(Cl)cc21. The van der Waals surface area contributed by atoms with Gasteiger partial charge in [-0.05, 0) is 60.6 Å². The number of hydrogen-bond acceptors (Lipinski definition) is 6. The largest absolute Gasteiger partial charge is 0.496 e. The summed E-state index contributed by atoms with van der Waals surface area (Å²) in [6, 6.07) is 9.90. The Morgan fingerprint density at radius 3 is 2.50 bits per heavy atom. The Hall–Kier alpha value is -3.64. The molecule has 0 spiro atoms. The van der Waals surface area contributed by atoms with E-state index in [1.54, 1.807) is 23.1 Å². The Bertz CT molecular complexity index is 1490. The highest BCUT2D eigenvalue weighted by Gasteiger charge is 2.44. The number of ether oxygens (including phenoxy) is 2. The molecule has 2 aliphatic rings. The fourth-order valence-corrected chi connectivity index (χ4v) is 6.04. The molecule has 2 aromatic carbocycles. The molecule has 0 radical (unpaired) electrons. The van der Waals surface area contributed by atoms with Crippen molar-refractivity contribution in [3.05, 3.63) is 69.8 Å². The highest BCUT2D eigenvalue weighted by Crippen LogP contribution is 2.45. The van der Waals surface area contributed by atoms with E-state index in [0.717, 1.165) is 10.1 Å². The summed E-state index contributed by atoms with van der Waals surface area (Å²) >= 11 is 6.37. The van der Waals surface area contributed by atoms with Gasteiger partial charge in [0.1, 0.15) is 18.0 Å². The first-order chi connectivity index (χ1) is 20.0. The lowest BCUT2D eigenvalue weighted by Crippen LogP contribution is -2.39. The normalized spacial score (nSPS) is 19.1. The molecule has 42 heavy (non-hydrogen) atoms. The number of likely N-dealkylation sites (tertiary alicyclic amines) is 1. The summed E-state index contributed by atoms with van der Waals surface area (Å²) in [5.74, 6) is -2.05. The zero-order chi connectivity index (χ0) is 30.2. The van der Waals surface area contributed by atoms with E-state index in [1.165, 1.54) is 19.2 Å². The van der Waals surface area contributed by atoms with Gasteiger partial charge in [0.15, 0.2) is 5.82 Å². The number of aliphatic carboxylic acids is 1. The van der Waals surface area contributed by atoms with E-state index < -0.39 is 30.2 Å². The maximum absolute atomic E-state index is 14.2. The minimum atomic E-state index is -4.84. The van der Waals surface area contributed by atoms with Crippen LogP contribution in [0.4, 0.5) is 13.2 Å². The molecule has 1 N–H and O–H groups in total. The van der Waals surface area contributed by atoms with Crippen molar-refractivity contribution in [1.82, 2.24) is 19.7 Å². The van der Waals surface area contributed by atoms with E-state index in [4.69, 9.17) is 26.2 Å². The molecule has 13 heteroatoms. The molecule has 2 aliphatic heterocycles. The van der Waals surface area contributed by atoms with E-state index in [-0.39, 0.29) is 36.2 Å². The minimum Gasteiger partial charge on any atom is -0.496 e. The number of carbonyl (C=O) groups excluding carboxylic acids is 1. The lowest BCUT2D eigenvalue weighted by atomic mass is 9.93. The molecule has 3 heterocycles. The number of aromatic nitrogens is 3. The molecule has 1 amide bonds. The van der Waals surface area contributed by atoms with Gasteiger partial charge < -0.3 is 19.5 Å². The molecule has 1 aromatic heterocycles. The van der Waals surface area contributed by atoms with Crippen LogP contribution in [0.15, 0.2) is 36.4 Å². The molecule has 224 valence electrons. The molecule has 2 atom stereocenters. The first-order valence-corrected chi connectivity index (χ1v) is 14.0. The van der Waals surface area contributed by atoms with Crippen LogP contribution in [-0.4, -0.2) is 56.8 Å². The number of carbonyl (C=O) groups is 2. The molecule has 0 bridgehead atoms. The van der Waals surface area contributed by atoms with Gasteiger partial charge in [-0.15, -0.1) is 10.2 Å². The third kappa shape index (κ3) is 5.82. The average Bonchev–Trinajstić information content (AvgIpc) is 3.36. The Morgan fingerprint density at radius 2 is 1.86 bits per heavy atom. The maximum Gasteiger partial charge on any atom is 0.452 e. The van der Waals surface area contributed by atoms with E-state index in [1.807, 2.05) is 13.0 Å². The Morgan fingerprint density at radius 1 is 1.12 bits per heavy atom. The molecule has 0 saturated carbocycles. The fourth-order valence-electron chi connectivity index (χ4n) is 5.86. The quantitative estimate of drug-likeness (QED) is 0.364. The zero-order valence-corrected chi connectivity index (χ0v) is 23.8. The van der Waals surface area contributed by atoms with Crippen molar-refractivity contribution in [2.24, 2.45) is 5.92 Å². The summed E-state index contributed by atoms with van der Waals surface area (Å²) in [6.07, 6.45) is -5.61. The van der Waals surface area contributed by atoms with Crippen LogP contribution in [0.3, 0.4) is 0 Å². The smallest absolute Gasteiger partial charge is 0.452 e. The van der Waals surface area contributed by atoms with E-state index in [0.29, 0.717) is 54.3 Å². The second-order valence-electron chi connectivity index (χ2n) is 10.4. The maximum atomic E-state index is 14.2. The van der Waals surface area contributed by atoms with E-state index in [9.17, 15) is 22.8 Å². The molecular formula is C29H30ClF3N4O5. The number of carboxylic acid groups (broad SMARTS) is 1. The van der Waals surface area contributed by atoms with Crippen molar-refractivity contribution in [3.8, 4) is 11.4 Å². The summed E-state index contributed by atoms with van der Waals surface area (Å²) in [4.78, 5) is 26.2. The molecule has 9 nitrogen and oxygen atoms in total. The van der Waals surface area contributed by atoms with Gasteiger partial charge in [-0.25, -0.2) is 0 Å². The minimum absolute atomic E-state index is 0.0277. The van der Waals surface area contributed by atoms with Crippen LogP contribution in [0.25, 0.3) is 5.69 Å². The summed E-state index contributed by atoms with van der Waals surface area (Å²) in [5, 5.41) is 16.8. The molecule has 1 fully saturated rings. The molecule has 0 unspecified atom stereocenters. The van der Waals surface area contributed by atoms with Crippen molar-refractivity contribution in [3.63, 3.8) is 0 Å². The Labute approximate surface area is 245 Å². The van der Waals surface area contributed by atoms with Crippen LogP contribution in [-0.2, 0) is 26.9 Å². The second-order valence-corrected chi connectivity index (χ2v) is 10.9. The van der Waals surface area contributed by atoms with Gasteiger partial charge in [0, 0.05) is 30.1 Å². The number of hydrogen-bond donors (Lipinski definition) is 1. The van der Waals surface area contributed by atoms with Crippen molar-refractivity contribution in [1.29, 1.82) is 0 Å². The number of nitrogens with zero attached hydrogens (tertiary/aromatic N) is 4. The number of fused-ring (bicyclic) bond motifs is 3. The number of halogens is 4. The van der Waals surface area contributed by atoms with Crippen LogP contribution >= 0.6 is 11.6 Å². The Balaban J connectivity index is 1.59. The summed E-state index contributed by atoms with van der Waals surface area (Å²) in [5.41, 5.74) is 1.97. The first kappa shape index (κ1) is 29.8. The number of methoxy groups -OCH3 is 1. The summed E-state index contributed by atoms with van der Waals surface area (Å²) < 4.78 is 55.8. The Kier molecular flexibility index (Phi) is 8.47. The number of carboxylic acids is 1. The third-order valence-electron chi connectivity index (χ3n) is 7.86. The fraction of sp³-hybridized carbons (Fsp3) is 0.448. The van der Waals surface area contributed by atoms with Gasteiger partial charge in [-0.2, -0.15) is 13.2 Å². The van der Waals surface area contributed by atoms with Crippen molar-refractivity contribution >= 4 is 23.5 Å². The third-order valence-corrected chi connectivity index (χ3v) is 8.09. The highest BCUT2D eigenvalue weighted by atomic mass is 35.5. The predicted octanol–water partition coefficient (Wildman–Crippen LogP) is 5.77. The molecule has 5 rings (SSSR count). The number of rotatable bonds is 7. The van der Waals surface area contributed by atoms with Crippen LogP contribution in [0.2, 0.25) is 5.02 Å². The van der Waals surface area contributed by atoms with Gasteiger partial charge >= 0.3 is 12.1 Å². The monoisotopic (exact) mass is 606 g/mol. The molecule has 1 saturated heterocycles. The number of benzene rings is 2. The van der Waals surface area contributed by atoms with E-state index >= 15 is 0 Å². The lowest BCUT2D eigenvalue weighted by molar-refractivity contribution is -0.146. The summed E-state index contributed by atoms with van der Waals surface area (Å²) in [6.45, 7) is 2.63. The van der Waals surface area contributed by atoms with Gasteiger partial charge in [0.25, 0.3) is 0 Å². The van der Waals surface area contributed by atoms with Gasteiger partial charge in [0.05, 0.1) is 19.2 Å².